The number of nitrogens with zero attached hydrogens (tertiary/aromatic N) is 4. The van der Waals surface area contributed by atoms with Gasteiger partial charge in [-0.05, 0) is 25.5 Å². The van der Waals surface area contributed by atoms with Crippen molar-refractivity contribution in [1.82, 2.24) is 19.9 Å². The molecule has 3 rings (SSSR count). The number of methoxy groups -OCH3 is 1. The van der Waals surface area contributed by atoms with Crippen molar-refractivity contribution in [2.75, 3.05) is 25.6 Å². The molecule has 0 aromatic carbocycles. The molecule has 0 radical (unpaired) electrons. The van der Waals surface area contributed by atoms with E-state index in [1.54, 1.807) is 25.1 Å². The Balaban J connectivity index is 2.01. The van der Waals surface area contributed by atoms with E-state index in [4.69, 9.17) is 14.7 Å². The lowest BCUT2D eigenvalue weighted by molar-refractivity contribution is -0.129. The SMILES string of the molecule is COCC(C)Nc1nc(-c2ccccn2)nc2c1CCN(C(C)=O)C2. The molecule has 0 fully saturated rings. The zero-order valence-corrected chi connectivity index (χ0v) is 14.8. The molecule has 1 amide bonds. The van der Waals surface area contributed by atoms with Crippen LogP contribution in [-0.4, -0.2) is 52.1 Å². The Kier molecular flexibility index (Phi) is 5.23. The summed E-state index contributed by atoms with van der Waals surface area (Å²) in [6.07, 6.45) is 2.46. The topological polar surface area (TPSA) is 80.2 Å². The Morgan fingerprint density at radius 1 is 1.40 bits per heavy atom. The standard InChI is InChI=1S/C18H23N5O2/c1-12(11-25-3)20-17-14-7-9-23(13(2)24)10-16(14)21-18(22-17)15-6-4-5-8-19-15/h4-6,8,12H,7,9-11H2,1-3H3,(H,20,21,22). The van der Waals surface area contributed by atoms with Crippen LogP contribution in [0.3, 0.4) is 0 Å². The minimum atomic E-state index is 0.0610. The number of fused-ring (bicyclic) bond motifs is 1. The van der Waals surface area contributed by atoms with Crippen molar-refractivity contribution in [3.8, 4) is 11.5 Å². The zero-order chi connectivity index (χ0) is 17.8. The van der Waals surface area contributed by atoms with Gasteiger partial charge in [-0.1, -0.05) is 6.07 Å². The molecule has 0 saturated carbocycles. The summed E-state index contributed by atoms with van der Waals surface area (Å²) in [4.78, 5) is 27.3. The van der Waals surface area contributed by atoms with Crippen LogP contribution in [-0.2, 0) is 22.5 Å². The third kappa shape index (κ3) is 3.93. The molecular weight excluding hydrogens is 318 g/mol. The van der Waals surface area contributed by atoms with Gasteiger partial charge < -0.3 is 15.0 Å². The van der Waals surface area contributed by atoms with Crippen LogP contribution < -0.4 is 5.32 Å². The summed E-state index contributed by atoms with van der Waals surface area (Å²) in [7, 11) is 1.68. The van der Waals surface area contributed by atoms with Gasteiger partial charge in [-0.15, -0.1) is 0 Å². The molecule has 7 heteroatoms. The second-order valence-corrected chi connectivity index (χ2v) is 6.23. The highest BCUT2D eigenvalue weighted by Crippen LogP contribution is 2.27. The summed E-state index contributed by atoms with van der Waals surface area (Å²) in [5, 5.41) is 3.42. The maximum atomic E-state index is 11.7. The minimum absolute atomic E-state index is 0.0610. The number of carbonyl (C=O) groups excluding carboxylic acids is 1. The Morgan fingerprint density at radius 2 is 2.24 bits per heavy atom. The number of anilines is 1. The molecule has 1 aliphatic heterocycles. The quantitative estimate of drug-likeness (QED) is 0.894. The molecule has 25 heavy (non-hydrogen) atoms. The molecule has 1 atom stereocenters. The lowest BCUT2D eigenvalue weighted by atomic mass is 10.0. The molecule has 2 aromatic rings. The Labute approximate surface area is 147 Å². The highest BCUT2D eigenvalue weighted by Gasteiger charge is 2.24. The number of hydrogen-bond donors (Lipinski definition) is 1. The van der Waals surface area contributed by atoms with Crippen LogP contribution in [0.5, 0.6) is 0 Å². The molecule has 0 bridgehead atoms. The monoisotopic (exact) mass is 341 g/mol. The third-order valence-electron chi connectivity index (χ3n) is 4.20. The molecule has 0 aliphatic carbocycles. The Morgan fingerprint density at radius 3 is 2.92 bits per heavy atom. The van der Waals surface area contributed by atoms with Gasteiger partial charge in [0.1, 0.15) is 11.5 Å². The average Bonchev–Trinajstić information content (AvgIpc) is 2.62. The predicted octanol–water partition coefficient (Wildman–Crippen LogP) is 1.89. The largest absolute Gasteiger partial charge is 0.383 e. The summed E-state index contributed by atoms with van der Waals surface area (Å²) in [6, 6.07) is 5.77. The normalized spacial score (nSPS) is 14.8. The van der Waals surface area contributed by atoms with E-state index in [0.29, 0.717) is 31.2 Å². The number of rotatable bonds is 5. The van der Waals surface area contributed by atoms with Crippen molar-refractivity contribution < 1.29 is 9.53 Å². The number of amides is 1. The van der Waals surface area contributed by atoms with Gasteiger partial charge in [0.2, 0.25) is 5.91 Å². The number of aromatic nitrogens is 3. The molecule has 1 N–H and O–H groups in total. The first kappa shape index (κ1) is 17.3. The van der Waals surface area contributed by atoms with Crippen LogP contribution in [0.2, 0.25) is 0 Å². The smallest absolute Gasteiger partial charge is 0.219 e. The van der Waals surface area contributed by atoms with E-state index < -0.39 is 0 Å². The molecule has 0 spiro atoms. The number of hydrogen-bond acceptors (Lipinski definition) is 6. The molecule has 7 nitrogen and oxygen atoms in total. The molecular formula is C18H23N5O2. The number of nitrogens with one attached hydrogen (secondary N) is 1. The number of pyridine rings is 1. The minimum Gasteiger partial charge on any atom is -0.383 e. The third-order valence-corrected chi connectivity index (χ3v) is 4.20. The molecule has 2 aromatic heterocycles. The highest BCUT2D eigenvalue weighted by molar-refractivity contribution is 5.74. The fourth-order valence-corrected chi connectivity index (χ4v) is 2.95. The summed E-state index contributed by atoms with van der Waals surface area (Å²) in [5.41, 5.74) is 2.66. The van der Waals surface area contributed by atoms with E-state index in [1.807, 2.05) is 25.1 Å². The summed E-state index contributed by atoms with van der Waals surface area (Å²) in [5.74, 6) is 1.43. The fourth-order valence-electron chi connectivity index (χ4n) is 2.95. The lowest BCUT2D eigenvalue weighted by Crippen LogP contribution is -2.36. The number of ether oxygens (including phenoxy) is 1. The second-order valence-electron chi connectivity index (χ2n) is 6.23. The number of carbonyl (C=O) groups is 1. The van der Waals surface area contributed by atoms with Gasteiger partial charge in [0.25, 0.3) is 0 Å². The molecule has 0 saturated heterocycles. The van der Waals surface area contributed by atoms with Gasteiger partial charge in [-0.3, -0.25) is 9.78 Å². The van der Waals surface area contributed by atoms with Crippen molar-refractivity contribution >= 4 is 11.7 Å². The van der Waals surface area contributed by atoms with E-state index in [0.717, 1.165) is 23.5 Å². The van der Waals surface area contributed by atoms with Crippen LogP contribution in [0.15, 0.2) is 24.4 Å². The summed E-state index contributed by atoms with van der Waals surface area (Å²) < 4.78 is 5.21. The van der Waals surface area contributed by atoms with Crippen molar-refractivity contribution in [2.45, 2.75) is 32.9 Å². The molecule has 1 unspecified atom stereocenters. The second kappa shape index (κ2) is 7.57. The van der Waals surface area contributed by atoms with E-state index in [2.05, 4.69) is 10.3 Å². The van der Waals surface area contributed by atoms with Gasteiger partial charge in [0.15, 0.2) is 5.82 Å². The van der Waals surface area contributed by atoms with E-state index in [-0.39, 0.29) is 11.9 Å². The first-order valence-electron chi connectivity index (χ1n) is 8.40. The van der Waals surface area contributed by atoms with Crippen molar-refractivity contribution in [3.63, 3.8) is 0 Å². The van der Waals surface area contributed by atoms with Crippen LogP contribution in [0.4, 0.5) is 5.82 Å². The molecule has 1 aliphatic rings. The highest BCUT2D eigenvalue weighted by atomic mass is 16.5. The maximum Gasteiger partial charge on any atom is 0.219 e. The fraction of sp³-hybridized carbons (Fsp3) is 0.444. The van der Waals surface area contributed by atoms with Crippen LogP contribution in [0, 0.1) is 0 Å². The molecule has 3 heterocycles. The van der Waals surface area contributed by atoms with E-state index in [9.17, 15) is 4.79 Å². The summed E-state index contributed by atoms with van der Waals surface area (Å²) in [6.45, 7) is 5.40. The van der Waals surface area contributed by atoms with Gasteiger partial charge in [0.05, 0.1) is 18.8 Å². The van der Waals surface area contributed by atoms with Crippen molar-refractivity contribution in [1.29, 1.82) is 0 Å². The average molecular weight is 341 g/mol. The first-order valence-corrected chi connectivity index (χ1v) is 8.40. The van der Waals surface area contributed by atoms with Gasteiger partial charge in [0, 0.05) is 38.4 Å². The van der Waals surface area contributed by atoms with Gasteiger partial charge in [-0.25, -0.2) is 9.97 Å². The summed E-state index contributed by atoms with van der Waals surface area (Å²) >= 11 is 0. The lowest BCUT2D eigenvalue weighted by Gasteiger charge is -2.29. The van der Waals surface area contributed by atoms with Crippen LogP contribution in [0.1, 0.15) is 25.1 Å². The van der Waals surface area contributed by atoms with Crippen LogP contribution in [0.25, 0.3) is 11.5 Å². The van der Waals surface area contributed by atoms with E-state index in [1.165, 1.54) is 0 Å². The van der Waals surface area contributed by atoms with E-state index >= 15 is 0 Å². The zero-order valence-electron chi connectivity index (χ0n) is 14.8. The van der Waals surface area contributed by atoms with Crippen molar-refractivity contribution in [2.24, 2.45) is 0 Å². The first-order chi connectivity index (χ1) is 12.1. The Bertz CT molecular complexity index is 751. The van der Waals surface area contributed by atoms with Gasteiger partial charge in [-0.2, -0.15) is 0 Å². The predicted molar refractivity (Wildman–Crippen MR) is 95.0 cm³/mol. The maximum absolute atomic E-state index is 11.7. The Hall–Kier alpha value is -2.54. The van der Waals surface area contributed by atoms with Crippen LogP contribution >= 0.6 is 0 Å². The molecule has 132 valence electrons. The van der Waals surface area contributed by atoms with Gasteiger partial charge >= 0.3 is 0 Å². The van der Waals surface area contributed by atoms with Crippen molar-refractivity contribution in [3.05, 3.63) is 35.7 Å².